The first-order valence-corrected chi connectivity index (χ1v) is 5.92. The maximum absolute atomic E-state index is 12.0. The number of carbonyl (C=O) groups excluding carboxylic acids is 1. The molecule has 0 aliphatic rings. The van der Waals surface area contributed by atoms with Gasteiger partial charge in [-0.3, -0.25) is 9.48 Å². The van der Waals surface area contributed by atoms with E-state index in [-0.39, 0.29) is 22.6 Å². The molecule has 2 aromatic rings. The van der Waals surface area contributed by atoms with Crippen LogP contribution in [0.5, 0.6) is 11.5 Å². The molecule has 1 aromatic carbocycles. The normalized spacial score (nSPS) is 11.9. The summed E-state index contributed by atoms with van der Waals surface area (Å²) < 4.78 is 1.41. The van der Waals surface area contributed by atoms with E-state index in [1.165, 1.54) is 23.1 Å². The number of carbonyl (C=O) groups is 2. The predicted octanol–water partition coefficient (Wildman–Crippen LogP) is 0.387. The van der Waals surface area contributed by atoms with Crippen LogP contribution in [0.1, 0.15) is 22.0 Å². The van der Waals surface area contributed by atoms with E-state index in [2.05, 4.69) is 10.4 Å². The third-order valence-corrected chi connectivity index (χ3v) is 2.81. The average molecular weight is 291 g/mol. The fourth-order valence-electron chi connectivity index (χ4n) is 1.79. The van der Waals surface area contributed by atoms with Crippen LogP contribution >= 0.6 is 0 Å². The van der Waals surface area contributed by atoms with E-state index in [9.17, 15) is 24.9 Å². The van der Waals surface area contributed by atoms with Crippen molar-refractivity contribution in [3.05, 3.63) is 41.7 Å². The number of aryl methyl sites for hydroxylation is 1. The van der Waals surface area contributed by atoms with E-state index in [1.54, 1.807) is 7.05 Å². The number of nitrogens with one attached hydrogen (secondary N) is 1. The Morgan fingerprint density at radius 1 is 1.33 bits per heavy atom. The largest absolute Gasteiger partial charge is 0.508 e. The fraction of sp³-hybridized carbons (Fsp3) is 0.154. The van der Waals surface area contributed by atoms with Gasteiger partial charge in [-0.2, -0.15) is 5.10 Å². The van der Waals surface area contributed by atoms with Crippen molar-refractivity contribution in [1.82, 2.24) is 15.1 Å². The van der Waals surface area contributed by atoms with Crippen molar-refractivity contribution >= 4 is 11.9 Å². The van der Waals surface area contributed by atoms with Crippen molar-refractivity contribution in [3.8, 4) is 11.5 Å². The van der Waals surface area contributed by atoms with Crippen molar-refractivity contribution in [2.75, 3.05) is 0 Å². The number of hydrogen-bond acceptors (Lipinski definition) is 5. The second-order valence-corrected chi connectivity index (χ2v) is 4.39. The lowest BCUT2D eigenvalue weighted by atomic mass is 10.1. The molecule has 1 atom stereocenters. The van der Waals surface area contributed by atoms with Gasteiger partial charge in [-0.15, -0.1) is 0 Å². The van der Waals surface area contributed by atoms with Gasteiger partial charge in [-0.05, 0) is 18.2 Å². The van der Waals surface area contributed by atoms with E-state index in [4.69, 9.17) is 0 Å². The molecule has 1 heterocycles. The van der Waals surface area contributed by atoms with Crippen molar-refractivity contribution in [2.45, 2.75) is 6.04 Å². The van der Waals surface area contributed by atoms with Gasteiger partial charge in [0.2, 0.25) is 0 Å². The molecular formula is C13H13N3O5. The fourth-order valence-corrected chi connectivity index (χ4v) is 1.79. The Bertz CT molecular complexity index is 695. The number of aromatic hydroxyl groups is 2. The highest BCUT2D eigenvalue weighted by molar-refractivity contribution is 5.99. The molecule has 21 heavy (non-hydrogen) atoms. The summed E-state index contributed by atoms with van der Waals surface area (Å²) in [6, 6.07) is 2.09. The molecule has 0 bridgehead atoms. The average Bonchev–Trinajstić information content (AvgIpc) is 2.84. The monoisotopic (exact) mass is 291 g/mol. The van der Waals surface area contributed by atoms with Crippen LogP contribution in [0.2, 0.25) is 0 Å². The molecule has 8 heteroatoms. The Labute approximate surface area is 119 Å². The summed E-state index contributed by atoms with van der Waals surface area (Å²) in [5.41, 5.74) is 0.0723. The second-order valence-electron chi connectivity index (χ2n) is 4.39. The number of hydrogen-bond donors (Lipinski definition) is 4. The molecular weight excluding hydrogens is 278 g/mol. The van der Waals surface area contributed by atoms with Crippen molar-refractivity contribution in [3.63, 3.8) is 0 Å². The zero-order valence-corrected chi connectivity index (χ0v) is 11.0. The minimum atomic E-state index is -1.31. The van der Waals surface area contributed by atoms with Gasteiger partial charge >= 0.3 is 5.97 Å². The standard InChI is InChI=1S/C13H13N3O5/c1-16-6-7(5-14-16)11(13(20)21)15-12(19)9-4-8(17)2-3-10(9)18/h2-6,11,17-18H,1H3,(H,15,19)(H,20,21). The van der Waals surface area contributed by atoms with Gasteiger partial charge in [-0.25, -0.2) is 4.79 Å². The summed E-state index contributed by atoms with van der Waals surface area (Å²) in [5.74, 6) is -2.66. The molecule has 0 saturated carbocycles. The highest BCUT2D eigenvalue weighted by Gasteiger charge is 2.25. The van der Waals surface area contributed by atoms with Crippen LogP contribution in [-0.4, -0.2) is 37.0 Å². The molecule has 0 spiro atoms. The Hall–Kier alpha value is -3.03. The molecule has 1 unspecified atom stereocenters. The number of aromatic nitrogens is 2. The smallest absolute Gasteiger partial charge is 0.331 e. The van der Waals surface area contributed by atoms with E-state index in [0.717, 1.165) is 12.1 Å². The van der Waals surface area contributed by atoms with Gasteiger partial charge in [0.15, 0.2) is 6.04 Å². The van der Waals surface area contributed by atoms with E-state index in [0.29, 0.717) is 0 Å². The van der Waals surface area contributed by atoms with Crippen molar-refractivity contribution in [2.24, 2.45) is 7.05 Å². The minimum Gasteiger partial charge on any atom is -0.508 e. The minimum absolute atomic E-state index is 0.216. The summed E-state index contributed by atoms with van der Waals surface area (Å²) in [4.78, 5) is 23.3. The Kier molecular flexibility index (Phi) is 3.79. The topological polar surface area (TPSA) is 125 Å². The Morgan fingerprint density at radius 2 is 2.05 bits per heavy atom. The number of benzene rings is 1. The van der Waals surface area contributed by atoms with Gasteiger partial charge in [0, 0.05) is 18.8 Å². The van der Waals surface area contributed by atoms with Crippen LogP contribution in [0.4, 0.5) is 0 Å². The number of rotatable bonds is 4. The van der Waals surface area contributed by atoms with Crippen LogP contribution in [0.25, 0.3) is 0 Å². The van der Waals surface area contributed by atoms with E-state index < -0.39 is 17.9 Å². The van der Waals surface area contributed by atoms with Crippen LogP contribution < -0.4 is 5.32 Å². The zero-order chi connectivity index (χ0) is 15.6. The quantitative estimate of drug-likeness (QED) is 0.604. The molecule has 4 N–H and O–H groups in total. The molecule has 1 amide bonds. The van der Waals surface area contributed by atoms with Crippen LogP contribution in [0.3, 0.4) is 0 Å². The van der Waals surface area contributed by atoms with Gasteiger partial charge in [-0.1, -0.05) is 0 Å². The number of aliphatic carboxylic acids is 1. The molecule has 0 fully saturated rings. The lowest BCUT2D eigenvalue weighted by Crippen LogP contribution is -2.33. The van der Waals surface area contributed by atoms with Gasteiger partial charge < -0.3 is 20.6 Å². The summed E-state index contributed by atoms with van der Waals surface area (Å²) in [6.07, 6.45) is 2.78. The van der Waals surface area contributed by atoms with Crippen LogP contribution in [0, 0.1) is 0 Å². The molecule has 110 valence electrons. The summed E-state index contributed by atoms with van der Waals surface area (Å²) in [7, 11) is 1.62. The highest BCUT2D eigenvalue weighted by Crippen LogP contribution is 2.23. The second kappa shape index (κ2) is 5.53. The maximum atomic E-state index is 12.0. The van der Waals surface area contributed by atoms with Gasteiger partial charge in [0.25, 0.3) is 5.91 Å². The molecule has 8 nitrogen and oxygen atoms in total. The molecule has 2 rings (SSSR count). The number of carboxylic acid groups (broad SMARTS) is 1. The number of amides is 1. The molecule has 0 radical (unpaired) electrons. The summed E-state index contributed by atoms with van der Waals surface area (Å²) in [5, 5.41) is 34.2. The summed E-state index contributed by atoms with van der Waals surface area (Å²) >= 11 is 0. The Balaban J connectivity index is 2.27. The number of nitrogens with zero attached hydrogens (tertiary/aromatic N) is 2. The van der Waals surface area contributed by atoms with Gasteiger partial charge in [0.1, 0.15) is 11.5 Å². The van der Waals surface area contributed by atoms with E-state index in [1.807, 2.05) is 0 Å². The number of carboxylic acids is 1. The summed E-state index contributed by atoms with van der Waals surface area (Å²) in [6.45, 7) is 0. The first kappa shape index (κ1) is 14.4. The lowest BCUT2D eigenvalue weighted by molar-refractivity contribution is -0.139. The molecule has 1 aromatic heterocycles. The van der Waals surface area contributed by atoms with Crippen molar-refractivity contribution < 1.29 is 24.9 Å². The van der Waals surface area contributed by atoms with Crippen LogP contribution in [-0.2, 0) is 11.8 Å². The molecule has 0 aliphatic heterocycles. The lowest BCUT2D eigenvalue weighted by Gasteiger charge is -2.13. The molecule has 0 aliphatic carbocycles. The van der Waals surface area contributed by atoms with Gasteiger partial charge in [0.05, 0.1) is 11.8 Å². The third-order valence-electron chi connectivity index (χ3n) is 2.81. The molecule has 0 saturated heterocycles. The first-order chi connectivity index (χ1) is 9.88. The SMILES string of the molecule is Cn1cc(C(NC(=O)c2cc(O)ccc2O)C(=O)O)cn1. The zero-order valence-electron chi connectivity index (χ0n) is 11.0. The highest BCUT2D eigenvalue weighted by atomic mass is 16.4. The van der Waals surface area contributed by atoms with E-state index >= 15 is 0 Å². The van der Waals surface area contributed by atoms with Crippen molar-refractivity contribution in [1.29, 1.82) is 0 Å². The third kappa shape index (κ3) is 3.11. The predicted molar refractivity (Wildman–Crippen MR) is 70.8 cm³/mol. The maximum Gasteiger partial charge on any atom is 0.331 e. The Morgan fingerprint density at radius 3 is 2.62 bits per heavy atom. The number of phenols is 2. The first-order valence-electron chi connectivity index (χ1n) is 5.92. The number of phenolic OH excluding ortho intramolecular Hbond substituents is 2. The van der Waals surface area contributed by atoms with Crippen LogP contribution in [0.15, 0.2) is 30.6 Å².